The summed E-state index contributed by atoms with van der Waals surface area (Å²) in [5.74, 6) is 0.0879. The number of hydrogen-bond donors (Lipinski definition) is 1. The van der Waals surface area contributed by atoms with E-state index in [0.29, 0.717) is 22.1 Å². The summed E-state index contributed by atoms with van der Waals surface area (Å²) >= 11 is 0. The van der Waals surface area contributed by atoms with Crippen molar-refractivity contribution in [3.05, 3.63) is 47.3 Å². The third-order valence-electron chi connectivity index (χ3n) is 4.45. The molecule has 0 spiro atoms. The quantitative estimate of drug-likeness (QED) is 0.925. The highest BCUT2D eigenvalue weighted by molar-refractivity contribution is 7.91. The van der Waals surface area contributed by atoms with Crippen molar-refractivity contribution in [3.63, 3.8) is 0 Å². The number of carbonyl (C=O) groups is 1. The number of nitrogens with zero attached hydrogens (tertiary/aromatic N) is 2. The fourth-order valence-electron chi connectivity index (χ4n) is 3.08. The Kier molecular flexibility index (Phi) is 3.09. The van der Waals surface area contributed by atoms with Crippen molar-refractivity contribution < 1.29 is 13.2 Å². The number of aromatic nitrogens is 2. The smallest absolute Gasteiger partial charge is 0.270 e. The van der Waals surface area contributed by atoms with Gasteiger partial charge in [0.2, 0.25) is 0 Å². The number of carbonyl (C=O) groups excluding carboxylic acids is 1. The lowest BCUT2D eigenvalue weighted by Crippen LogP contribution is -2.31. The molecule has 1 aliphatic carbocycles. The summed E-state index contributed by atoms with van der Waals surface area (Å²) in [6.45, 7) is 0. The van der Waals surface area contributed by atoms with Crippen LogP contribution in [-0.4, -0.2) is 29.9 Å². The molecule has 0 bridgehead atoms. The summed E-state index contributed by atoms with van der Waals surface area (Å²) in [5, 5.41) is 7.22. The molecule has 2 aliphatic rings. The Labute approximate surface area is 134 Å². The van der Waals surface area contributed by atoms with Gasteiger partial charge < -0.3 is 5.32 Å². The maximum absolute atomic E-state index is 12.5. The van der Waals surface area contributed by atoms with Crippen molar-refractivity contribution in [2.75, 3.05) is 5.75 Å². The first kappa shape index (κ1) is 14.4. The SMILES string of the molecule is Cn1nc(C2CC2)cc1C(=O)NC1CS(=O)(=O)c2ccccc21. The van der Waals surface area contributed by atoms with Gasteiger partial charge >= 0.3 is 0 Å². The lowest BCUT2D eigenvalue weighted by Gasteiger charge is -2.12. The van der Waals surface area contributed by atoms with Crippen molar-refractivity contribution in [2.45, 2.75) is 29.7 Å². The molecule has 23 heavy (non-hydrogen) atoms. The van der Waals surface area contributed by atoms with Crippen LogP contribution < -0.4 is 5.32 Å². The Morgan fingerprint density at radius 2 is 2.04 bits per heavy atom. The van der Waals surface area contributed by atoms with E-state index in [-0.39, 0.29) is 11.7 Å². The van der Waals surface area contributed by atoms with Gasteiger partial charge in [-0.2, -0.15) is 5.10 Å². The maximum atomic E-state index is 12.5. The van der Waals surface area contributed by atoms with E-state index in [4.69, 9.17) is 0 Å². The molecule has 0 radical (unpaired) electrons. The van der Waals surface area contributed by atoms with Gasteiger partial charge in [0.15, 0.2) is 9.84 Å². The molecule has 1 amide bonds. The molecule has 2 aromatic rings. The molecule has 4 rings (SSSR count). The summed E-state index contributed by atoms with van der Waals surface area (Å²) in [6, 6.07) is 8.12. The van der Waals surface area contributed by atoms with E-state index in [1.165, 1.54) is 0 Å². The number of amides is 1. The number of hydrogen-bond acceptors (Lipinski definition) is 4. The van der Waals surface area contributed by atoms with Crippen LogP contribution in [-0.2, 0) is 16.9 Å². The minimum Gasteiger partial charge on any atom is -0.343 e. The standard InChI is InChI=1S/C16H17N3O3S/c1-19-14(8-12(18-19)10-6-7-10)16(20)17-13-9-23(21,22)15-5-3-2-4-11(13)15/h2-5,8,10,13H,6-7,9H2,1H3,(H,17,20). The predicted octanol–water partition coefficient (Wildman–Crippen LogP) is 1.56. The minimum absolute atomic E-state index is 0.0918. The summed E-state index contributed by atoms with van der Waals surface area (Å²) in [7, 11) is -1.59. The normalized spacial score (nSPS) is 21.9. The Bertz CT molecular complexity index is 897. The lowest BCUT2D eigenvalue weighted by molar-refractivity contribution is 0.0931. The zero-order chi connectivity index (χ0) is 16.2. The van der Waals surface area contributed by atoms with Crippen molar-refractivity contribution in [1.29, 1.82) is 0 Å². The number of fused-ring (bicyclic) bond motifs is 1. The average Bonchev–Trinajstić information content (AvgIpc) is 3.24. The van der Waals surface area contributed by atoms with Crippen molar-refractivity contribution in [3.8, 4) is 0 Å². The molecular formula is C16H17N3O3S. The molecule has 1 aromatic carbocycles. The molecule has 0 saturated heterocycles. The van der Waals surface area contributed by atoms with Gasteiger partial charge in [-0.05, 0) is 30.5 Å². The Hall–Kier alpha value is -2.15. The minimum atomic E-state index is -3.33. The van der Waals surface area contributed by atoms with Gasteiger partial charge in [0.05, 0.1) is 22.4 Å². The van der Waals surface area contributed by atoms with E-state index in [1.807, 2.05) is 6.07 Å². The second-order valence-corrected chi connectivity index (χ2v) is 8.20. The van der Waals surface area contributed by atoms with E-state index in [0.717, 1.165) is 18.5 Å². The van der Waals surface area contributed by atoms with Crippen LogP contribution >= 0.6 is 0 Å². The first-order valence-corrected chi connectivity index (χ1v) is 9.27. The van der Waals surface area contributed by atoms with Gasteiger partial charge in [-0.1, -0.05) is 18.2 Å². The summed E-state index contributed by atoms with van der Waals surface area (Å²) < 4.78 is 25.9. The summed E-state index contributed by atoms with van der Waals surface area (Å²) in [6.07, 6.45) is 2.23. The Morgan fingerprint density at radius 3 is 2.78 bits per heavy atom. The predicted molar refractivity (Wildman–Crippen MR) is 83.9 cm³/mol. The van der Waals surface area contributed by atoms with Gasteiger partial charge in [0.25, 0.3) is 5.91 Å². The van der Waals surface area contributed by atoms with Crippen molar-refractivity contribution in [2.24, 2.45) is 7.05 Å². The third kappa shape index (κ3) is 2.45. The topological polar surface area (TPSA) is 81.1 Å². The zero-order valence-electron chi connectivity index (χ0n) is 12.7. The molecule has 7 heteroatoms. The fraction of sp³-hybridized carbons (Fsp3) is 0.375. The van der Waals surface area contributed by atoms with Crippen molar-refractivity contribution in [1.82, 2.24) is 15.1 Å². The van der Waals surface area contributed by atoms with E-state index in [2.05, 4.69) is 10.4 Å². The van der Waals surface area contributed by atoms with Gasteiger partial charge in [-0.3, -0.25) is 9.48 Å². The van der Waals surface area contributed by atoms with E-state index in [9.17, 15) is 13.2 Å². The van der Waals surface area contributed by atoms with Gasteiger partial charge in [0, 0.05) is 13.0 Å². The molecule has 1 aliphatic heterocycles. The number of rotatable bonds is 3. The van der Waals surface area contributed by atoms with Crippen molar-refractivity contribution >= 4 is 15.7 Å². The number of benzene rings is 1. The molecule has 1 fully saturated rings. The molecule has 1 N–H and O–H groups in total. The van der Waals surface area contributed by atoms with Gasteiger partial charge in [0.1, 0.15) is 5.69 Å². The van der Waals surface area contributed by atoms with Crippen LogP contribution in [0.25, 0.3) is 0 Å². The molecular weight excluding hydrogens is 314 g/mol. The highest BCUT2D eigenvalue weighted by Gasteiger charge is 2.36. The van der Waals surface area contributed by atoms with Crippen LogP contribution in [0.5, 0.6) is 0 Å². The Morgan fingerprint density at radius 1 is 1.30 bits per heavy atom. The molecule has 2 heterocycles. The van der Waals surface area contributed by atoms with Crippen LogP contribution in [0.2, 0.25) is 0 Å². The highest BCUT2D eigenvalue weighted by atomic mass is 32.2. The summed E-state index contributed by atoms with van der Waals surface area (Å²) in [4.78, 5) is 12.8. The van der Waals surface area contributed by atoms with E-state index < -0.39 is 15.9 Å². The first-order valence-electron chi connectivity index (χ1n) is 7.62. The first-order chi connectivity index (χ1) is 11.0. The van der Waals surface area contributed by atoms with Gasteiger partial charge in [-0.25, -0.2) is 8.42 Å². The fourth-order valence-corrected chi connectivity index (χ4v) is 4.82. The lowest BCUT2D eigenvalue weighted by atomic mass is 10.1. The van der Waals surface area contributed by atoms with Crippen LogP contribution in [0, 0.1) is 0 Å². The molecule has 1 unspecified atom stereocenters. The van der Waals surface area contributed by atoms with Gasteiger partial charge in [-0.15, -0.1) is 0 Å². The second-order valence-electron chi connectivity index (χ2n) is 6.20. The molecule has 1 atom stereocenters. The number of sulfone groups is 1. The molecule has 120 valence electrons. The second kappa shape index (κ2) is 4.92. The van der Waals surface area contributed by atoms with E-state index in [1.54, 1.807) is 36.0 Å². The van der Waals surface area contributed by atoms with Crippen LogP contribution in [0.1, 0.15) is 46.5 Å². The Balaban J connectivity index is 1.60. The van der Waals surface area contributed by atoms with Crippen LogP contribution in [0.4, 0.5) is 0 Å². The third-order valence-corrected chi connectivity index (χ3v) is 6.26. The maximum Gasteiger partial charge on any atom is 0.270 e. The van der Waals surface area contributed by atoms with E-state index >= 15 is 0 Å². The molecule has 6 nitrogen and oxygen atoms in total. The zero-order valence-corrected chi connectivity index (χ0v) is 13.5. The molecule has 1 saturated carbocycles. The van der Waals surface area contributed by atoms with Crippen LogP contribution in [0.3, 0.4) is 0 Å². The summed E-state index contributed by atoms with van der Waals surface area (Å²) in [5.41, 5.74) is 2.07. The largest absolute Gasteiger partial charge is 0.343 e. The monoisotopic (exact) mass is 331 g/mol. The number of aryl methyl sites for hydroxylation is 1. The number of nitrogens with one attached hydrogen (secondary N) is 1. The molecule has 1 aromatic heterocycles. The van der Waals surface area contributed by atoms with Crippen LogP contribution in [0.15, 0.2) is 35.2 Å². The highest BCUT2D eigenvalue weighted by Crippen LogP contribution is 2.39. The average molecular weight is 331 g/mol.